The topological polar surface area (TPSA) is 17.1 Å². The second kappa shape index (κ2) is 5.21. The fraction of sp³-hybridized carbons (Fsp3) is 0.0714. The largest absolute Gasteiger partial charge is 0.289 e. The number of rotatable bonds is 2. The summed E-state index contributed by atoms with van der Waals surface area (Å²) in [7, 11) is 0. The number of halogens is 3. The fourth-order valence-corrected chi connectivity index (χ4v) is 2.14. The monoisotopic (exact) mass is 326 g/mol. The predicted molar refractivity (Wildman–Crippen MR) is 73.7 cm³/mol. The second-order valence-electron chi connectivity index (χ2n) is 3.92. The van der Waals surface area contributed by atoms with E-state index in [1.807, 2.05) is 13.0 Å². The molecular formula is C14H9BrClFO. The first kappa shape index (κ1) is 13.2. The molecule has 0 spiro atoms. The van der Waals surface area contributed by atoms with Crippen molar-refractivity contribution in [3.05, 3.63) is 68.4 Å². The minimum absolute atomic E-state index is 0.174. The van der Waals surface area contributed by atoms with E-state index in [2.05, 4.69) is 15.9 Å². The zero-order chi connectivity index (χ0) is 13.3. The number of carbonyl (C=O) groups is 1. The quantitative estimate of drug-likeness (QED) is 0.725. The summed E-state index contributed by atoms with van der Waals surface area (Å²) in [6, 6.07) is 8.99. The Bertz CT molecular complexity index is 625. The molecule has 4 heteroatoms. The van der Waals surface area contributed by atoms with Gasteiger partial charge in [-0.05, 0) is 36.8 Å². The molecule has 0 heterocycles. The van der Waals surface area contributed by atoms with Gasteiger partial charge in [-0.15, -0.1) is 0 Å². The van der Waals surface area contributed by atoms with Crippen molar-refractivity contribution < 1.29 is 9.18 Å². The molecule has 2 rings (SSSR count). The van der Waals surface area contributed by atoms with Crippen LogP contribution in [-0.2, 0) is 0 Å². The number of hydrogen-bond acceptors (Lipinski definition) is 1. The average Bonchev–Trinajstić information content (AvgIpc) is 2.35. The molecule has 0 aliphatic carbocycles. The van der Waals surface area contributed by atoms with Crippen LogP contribution in [0.25, 0.3) is 0 Å². The Labute approximate surface area is 118 Å². The molecule has 0 bridgehead atoms. The van der Waals surface area contributed by atoms with Crippen LogP contribution in [0.2, 0.25) is 5.02 Å². The number of carbonyl (C=O) groups excluding carboxylic acids is 1. The molecular weight excluding hydrogens is 319 g/mol. The molecule has 0 saturated carbocycles. The van der Waals surface area contributed by atoms with Gasteiger partial charge >= 0.3 is 0 Å². The van der Waals surface area contributed by atoms with Crippen LogP contribution >= 0.6 is 27.5 Å². The first-order chi connectivity index (χ1) is 8.49. The standard InChI is InChI=1S/C14H9BrClFO/c1-8-2-3-9(6-12(8)15)14(18)11-7-10(17)4-5-13(11)16/h2-7H,1H3. The van der Waals surface area contributed by atoms with Gasteiger partial charge in [0.05, 0.1) is 5.02 Å². The molecule has 0 aromatic heterocycles. The lowest BCUT2D eigenvalue weighted by molar-refractivity contribution is 0.103. The Kier molecular flexibility index (Phi) is 3.83. The van der Waals surface area contributed by atoms with Gasteiger partial charge < -0.3 is 0 Å². The third kappa shape index (κ3) is 2.62. The molecule has 0 atom stereocenters. The Balaban J connectivity index is 2.47. The van der Waals surface area contributed by atoms with E-state index < -0.39 is 5.82 Å². The first-order valence-electron chi connectivity index (χ1n) is 5.25. The lowest BCUT2D eigenvalue weighted by Crippen LogP contribution is -2.03. The van der Waals surface area contributed by atoms with Gasteiger partial charge in [0, 0.05) is 15.6 Å². The van der Waals surface area contributed by atoms with Crippen molar-refractivity contribution in [3.63, 3.8) is 0 Å². The van der Waals surface area contributed by atoms with Crippen LogP contribution in [-0.4, -0.2) is 5.78 Å². The smallest absolute Gasteiger partial charge is 0.194 e. The molecule has 0 N–H and O–H groups in total. The van der Waals surface area contributed by atoms with Crippen LogP contribution in [0, 0.1) is 12.7 Å². The zero-order valence-corrected chi connectivity index (χ0v) is 11.8. The van der Waals surface area contributed by atoms with Crippen LogP contribution in [0.1, 0.15) is 21.5 Å². The molecule has 2 aromatic carbocycles. The van der Waals surface area contributed by atoms with Crippen LogP contribution in [0.15, 0.2) is 40.9 Å². The lowest BCUT2D eigenvalue weighted by atomic mass is 10.0. The molecule has 0 aliphatic rings. The van der Waals surface area contributed by atoms with Crippen LogP contribution < -0.4 is 0 Å². The Morgan fingerprint density at radius 1 is 1.22 bits per heavy atom. The van der Waals surface area contributed by atoms with E-state index in [1.165, 1.54) is 12.1 Å². The molecule has 0 aliphatic heterocycles. The predicted octanol–water partition coefficient (Wildman–Crippen LogP) is 4.78. The highest BCUT2D eigenvalue weighted by Gasteiger charge is 2.14. The zero-order valence-electron chi connectivity index (χ0n) is 9.51. The van der Waals surface area contributed by atoms with Crippen LogP contribution in [0.3, 0.4) is 0 Å². The Morgan fingerprint density at radius 3 is 2.61 bits per heavy atom. The summed E-state index contributed by atoms with van der Waals surface area (Å²) in [6.45, 7) is 1.92. The summed E-state index contributed by atoms with van der Waals surface area (Å²) in [5, 5.41) is 0.248. The Morgan fingerprint density at radius 2 is 1.94 bits per heavy atom. The summed E-state index contributed by atoms with van der Waals surface area (Å²) < 4.78 is 14.0. The molecule has 2 aromatic rings. The Hall–Kier alpha value is -1.19. The highest BCUT2D eigenvalue weighted by molar-refractivity contribution is 9.10. The van der Waals surface area contributed by atoms with E-state index >= 15 is 0 Å². The number of benzene rings is 2. The van der Waals surface area contributed by atoms with Gasteiger partial charge in [-0.3, -0.25) is 4.79 Å². The maximum absolute atomic E-state index is 13.1. The van der Waals surface area contributed by atoms with Crippen molar-refractivity contribution >= 4 is 33.3 Å². The van der Waals surface area contributed by atoms with Crippen LogP contribution in [0.4, 0.5) is 4.39 Å². The van der Waals surface area contributed by atoms with Gasteiger partial charge in [-0.2, -0.15) is 0 Å². The van der Waals surface area contributed by atoms with Crippen molar-refractivity contribution in [3.8, 4) is 0 Å². The number of ketones is 1. The van der Waals surface area contributed by atoms with Crippen molar-refractivity contribution in [2.24, 2.45) is 0 Å². The van der Waals surface area contributed by atoms with E-state index in [9.17, 15) is 9.18 Å². The van der Waals surface area contributed by atoms with Gasteiger partial charge in [0.2, 0.25) is 0 Å². The molecule has 0 saturated heterocycles. The molecule has 0 fully saturated rings. The van der Waals surface area contributed by atoms with E-state index in [-0.39, 0.29) is 16.4 Å². The van der Waals surface area contributed by atoms with Gasteiger partial charge in [0.1, 0.15) is 5.82 Å². The van der Waals surface area contributed by atoms with Crippen LogP contribution in [0.5, 0.6) is 0 Å². The number of hydrogen-bond donors (Lipinski definition) is 0. The minimum atomic E-state index is -0.478. The van der Waals surface area contributed by atoms with Gasteiger partial charge in [0.25, 0.3) is 0 Å². The van der Waals surface area contributed by atoms with Crippen molar-refractivity contribution in [2.75, 3.05) is 0 Å². The average molecular weight is 328 g/mol. The fourth-order valence-electron chi connectivity index (χ4n) is 1.56. The minimum Gasteiger partial charge on any atom is -0.289 e. The normalized spacial score (nSPS) is 10.4. The van der Waals surface area contributed by atoms with Gasteiger partial charge in [-0.1, -0.05) is 39.7 Å². The van der Waals surface area contributed by atoms with Gasteiger partial charge in [0.15, 0.2) is 5.78 Å². The summed E-state index contributed by atoms with van der Waals surface area (Å²) >= 11 is 9.27. The summed E-state index contributed by atoms with van der Waals surface area (Å²) in [5.41, 5.74) is 1.67. The first-order valence-corrected chi connectivity index (χ1v) is 6.42. The molecule has 1 nitrogen and oxygen atoms in total. The second-order valence-corrected chi connectivity index (χ2v) is 5.18. The van der Waals surface area contributed by atoms with E-state index in [1.54, 1.807) is 12.1 Å². The third-order valence-corrected chi connectivity index (χ3v) is 3.79. The summed E-state index contributed by atoms with van der Waals surface area (Å²) in [5.74, 6) is -0.769. The van der Waals surface area contributed by atoms with Gasteiger partial charge in [-0.25, -0.2) is 4.39 Å². The maximum atomic E-state index is 13.1. The third-order valence-electron chi connectivity index (χ3n) is 2.61. The molecule has 0 radical (unpaired) electrons. The van der Waals surface area contributed by atoms with E-state index in [4.69, 9.17) is 11.6 Å². The molecule has 18 heavy (non-hydrogen) atoms. The summed E-state index contributed by atoms with van der Waals surface area (Å²) in [4.78, 5) is 12.2. The molecule has 0 unspecified atom stereocenters. The molecule has 92 valence electrons. The highest BCUT2D eigenvalue weighted by atomic mass is 79.9. The van der Waals surface area contributed by atoms with Crippen molar-refractivity contribution in [2.45, 2.75) is 6.92 Å². The van der Waals surface area contributed by atoms with E-state index in [0.717, 1.165) is 16.1 Å². The summed E-state index contributed by atoms with van der Waals surface area (Å²) in [6.07, 6.45) is 0. The van der Waals surface area contributed by atoms with E-state index in [0.29, 0.717) is 5.56 Å². The SMILES string of the molecule is Cc1ccc(C(=O)c2cc(F)ccc2Cl)cc1Br. The lowest BCUT2D eigenvalue weighted by Gasteiger charge is -2.05. The van der Waals surface area contributed by atoms with Crippen molar-refractivity contribution in [1.82, 2.24) is 0 Å². The maximum Gasteiger partial charge on any atom is 0.194 e. The molecule has 0 amide bonds. The number of aryl methyl sites for hydroxylation is 1. The van der Waals surface area contributed by atoms with Crippen molar-refractivity contribution in [1.29, 1.82) is 0 Å². The highest BCUT2D eigenvalue weighted by Crippen LogP contribution is 2.23.